The SMILES string of the molecule is Nc1oc(-c2ccccc2O)nc1Nc1ncnc(Nc2nc(-c3ccccc3O)oc2N)c2cccc1-2. The second-order valence-electron chi connectivity index (χ2n) is 8.17. The molecule has 12 heteroatoms. The monoisotopic (exact) mass is 508 g/mol. The number of para-hydroxylation sites is 2. The molecule has 2 aliphatic rings. The molecule has 0 fully saturated rings. The van der Waals surface area contributed by atoms with Gasteiger partial charge < -0.3 is 41.1 Å². The second-order valence-corrected chi connectivity index (χ2v) is 8.17. The lowest BCUT2D eigenvalue weighted by atomic mass is 10.2. The van der Waals surface area contributed by atoms with Crippen LogP contribution >= 0.6 is 0 Å². The summed E-state index contributed by atoms with van der Waals surface area (Å²) < 4.78 is 11.1. The Hall–Kier alpha value is -5.78. The predicted octanol–water partition coefficient (Wildman–Crippen LogP) is 4.95. The fourth-order valence-corrected chi connectivity index (χ4v) is 3.92. The molecule has 0 unspecified atom stereocenters. The first-order valence-electron chi connectivity index (χ1n) is 11.3. The van der Waals surface area contributed by atoms with Gasteiger partial charge in [-0.2, -0.15) is 9.97 Å². The van der Waals surface area contributed by atoms with Gasteiger partial charge >= 0.3 is 0 Å². The third-order valence-corrected chi connectivity index (χ3v) is 5.75. The number of rotatable bonds is 6. The Balaban J connectivity index is 1.30. The average Bonchev–Trinajstić information content (AvgIpc) is 3.60. The van der Waals surface area contributed by atoms with Crippen LogP contribution in [0, 0.1) is 0 Å². The zero-order valence-electron chi connectivity index (χ0n) is 19.6. The fraction of sp³-hybridized carbons (Fsp3) is 0. The van der Waals surface area contributed by atoms with Gasteiger partial charge in [0, 0.05) is 11.1 Å². The van der Waals surface area contributed by atoms with Gasteiger partial charge in [0.05, 0.1) is 11.1 Å². The van der Waals surface area contributed by atoms with Gasteiger partial charge in [0.1, 0.15) is 29.5 Å². The van der Waals surface area contributed by atoms with Gasteiger partial charge in [-0.1, -0.05) is 42.5 Å². The number of oxazole rings is 2. The Morgan fingerprint density at radius 3 is 1.42 bits per heavy atom. The van der Waals surface area contributed by atoms with Crippen molar-refractivity contribution >= 4 is 35.0 Å². The molecular weight excluding hydrogens is 488 g/mol. The summed E-state index contributed by atoms with van der Waals surface area (Å²) in [6.07, 6.45) is 1.35. The number of phenolic OH excluding ortho intramolecular Hbond substituents is 2. The van der Waals surface area contributed by atoms with Gasteiger partial charge in [0.2, 0.25) is 23.5 Å². The zero-order valence-corrected chi connectivity index (χ0v) is 19.6. The van der Waals surface area contributed by atoms with E-state index in [1.54, 1.807) is 36.4 Å². The Labute approximate surface area is 215 Å². The number of nitrogens with two attached hydrogens (primary N) is 2. The van der Waals surface area contributed by atoms with Crippen molar-refractivity contribution in [3.05, 3.63) is 73.1 Å². The maximum Gasteiger partial charge on any atom is 0.236 e. The lowest BCUT2D eigenvalue weighted by molar-refractivity contribution is 0.473. The molecule has 0 atom stereocenters. The van der Waals surface area contributed by atoms with Crippen LogP contribution in [-0.4, -0.2) is 30.1 Å². The first-order chi connectivity index (χ1) is 18.5. The lowest BCUT2D eigenvalue weighted by Gasteiger charge is -2.07. The summed E-state index contributed by atoms with van der Waals surface area (Å²) in [7, 11) is 0. The van der Waals surface area contributed by atoms with Crippen molar-refractivity contribution in [2.45, 2.75) is 0 Å². The molecule has 2 aromatic carbocycles. The molecule has 0 saturated carbocycles. The summed E-state index contributed by atoms with van der Waals surface area (Å²) in [6.45, 7) is 0. The molecule has 6 rings (SSSR count). The number of nitrogens with zero attached hydrogens (tertiary/aromatic N) is 4. The van der Waals surface area contributed by atoms with Crippen LogP contribution in [-0.2, 0) is 0 Å². The number of benzene rings is 2. The van der Waals surface area contributed by atoms with E-state index in [0.717, 1.165) is 0 Å². The maximum atomic E-state index is 10.1. The Morgan fingerprint density at radius 1 is 0.553 bits per heavy atom. The Morgan fingerprint density at radius 2 is 0.974 bits per heavy atom. The van der Waals surface area contributed by atoms with Crippen LogP contribution in [0.4, 0.5) is 35.0 Å². The molecule has 0 spiro atoms. The van der Waals surface area contributed by atoms with Crippen LogP contribution in [0.1, 0.15) is 0 Å². The molecule has 1 aliphatic carbocycles. The van der Waals surface area contributed by atoms with Crippen molar-refractivity contribution in [1.82, 2.24) is 19.9 Å². The molecule has 1 aliphatic heterocycles. The lowest BCUT2D eigenvalue weighted by Crippen LogP contribution is -1.98. The molecule has 0 bridgehead atoms. The molecule has 0 amide bonds. The van der Waals surface area contributed by atoms with Crippen molar-refractivity contribution in [2.75, 3.05) is 22.1 Å². The average molecular weight is 508 g/mol. The maximum absolute atomic E-state index is 10.1. The van der Waals surface area contributed by atoms with Crippen molar-refractivity contribution in [2.24, 2.45) is 0 Å². The summed E-state index contributed by atoms with van der Waals surface area (Å²) in [6, 6.07) is 18.8. The number of aromatic hydroxyl groups is 2. The smallest absolute Gasteiger partial charge is 0.236 e. The molecular formula is C26H20N8O4. The number of aromatic nitrogens is 4. The van der Waals surface area contributed by atoms with E-state index in [1.807, 2.05) is 18.2 Å². The zero-order chi connectivity index (χ0) is 26.2. The minimum absolute atomic E-state index is 0.0145. The molecule has 0 radical (unpaired) electrons. The summed E-state index contributed by atoms with van der Waals surface area (Å²) in [4.78, 5) is 17.6. The van der Waals surface area contributed by atoms with Crippen LogP contribution in [0.2, 0.25) is 0 Å². The highest BCUT2D eigenvalue weighted by atomic mass is 16.4. The molecule has 12 nitrogen and oxygen atoms in total. The quantitative estimate of drug-likeness (QED) is 0.177. The third-order valence-electron chi connectivity index (χ3n) is 5.75. The van der Waals surface area contributed by atoms with E-state index in [9.17, 15) is 10.2 Å². The van der Waals surface area contributed by atoms with E-state index in [-0.39, 0.29) is 46.7 Å². The van der Waals surface area contributed by atoms with Gasteiger partial charge in [-0.05, 0) is 24.3 Å². The molecule has 4 aromatic rings. The van der Waals surface area contributed by atoms with Crippen LogP contribution in [0.15, 0.2) is 81.9 Å². The number of anilines is 6. The van der Waals surface area contributed by atoms with E-state index in [4.69, 9.17) is 20.3 Å². The summed E-state index contributed by atoms with van der Waals surface area (Å²) >= 11 is 0. The van der Waals surface area contributed by atoms with Gasteiger partial charge in [-0.15, -0.1) is 0 Å². The third kappa shape index (κ3) is 4.01. The van der Waals surface area contributed by atoms with Crippen LogP contribution in [0.3, 0.4) is 0 Å². The summed E-state index contributed by atoms with van der Waals surface area (Å²) in [5.74, 6) is 1.67. The van der Waals surface area contributed by atoms with Crippen molar-refractivity contribution < 1.29 is 19.0 Å². The van der Waals surface area contributed by atoms with E-state index in [0.29, 0.717) is 33.9 Å². The van der Waals surface area contributed by atoms with Crippen molar-refractivity contribution in [3.63, 3.8) is 0 Å². The largest absolute Gasteiger partial charge is 0.507 e. The minimum atomic E-state index is 0.0145. The highest BCUT2D eigenvalue weighted by molar-refractivity contribution is 5.88. The van der Waals surface area contributed by atoms with Gasteiger partial charge in [0.25, 0.3) is 0 Å². The number of hydrogen-bond donors (Lipinski definition) is 6. The highest BCUT2D eigenvalue weighted by Crippen LogP contribution is 2.39. The molecule has 2 aromatic heterocycles. The number of hydrogen-bond acceptors (Lipinski definition) is 12. The van der Waals surface area contributed by atoms with Crippen LogP contribution in [0.25, 0.3) is 34.0 Å². The highest BCUT2D eigenvalue weighted by Gasteiger charge is 2.21. The van der Waals surface area contributed by atoms with Crippen LogP contribution < -0.4 is 22.1 Å². The van der Waals surface area contributed by atoms with Gasteiger partial charge in [-0.25, -0.2) is 9.97 Å². The first-order valence-corrected chi connectivity index (χ1v) is 11.3. The standard InChI is InChI=1S/C26H20N8O4/c27-19-23(33-25(37-19)15-6-1-3-10-17(15)35)31-21-13-8-5-9-14(13)22(30-12-29-21)32-24-20(28)38-26(34-24)16-7-2-4-11-18(16)36/h1-12,35-36H,27-28H2,(H2,29,30,31,32). The molecule has 3 heterocycles. The van der Waals surface area contributed by atoms with Crippen molar-refractivity contribution in [3.8, 4) is 45.5 Å². The number of phenols is 2. The van der Waals surface area contributed by atoms with Crippen LogP contribution in [0.5, 0.6) is 11.5 Å². The molecule has 0 saturated heterocycles. The molecule has 38 heavy (non-hydrogen) atoms. The number of fused-ring (bicyclic) bond motifs is 1. The fourth-order valence-electron chi connectivity index (χ4n) is 3.92. The Bertz CT molecular complexity index is 1620. The molecule has 188 valence electrons. The number of nitrogens with one attached hydrogen (secondary N) is 2. The van der Waals surface area contributed by atoms with Gasteiger partial charge in [0.15, 0.2) is 11.6 Å². The van der Waals surface area contributed by atoms with E-state index in [1.165, 1.54) is 18.5 Å². The second kappa shape index (κ2) is 9.02. The first kappa shape index (κ1) is 22.7. The predicted molar refractivity (Wildman–Crippen MR) is 141 cm³/mol. The topological polar surface area (TPSA) is 194 Å². The minimum Gasteiger partial charge on any atom is -0.507 e. The van der Waals surface area contributed by atoms with E-state index in [2.05, 4.69) is 30.6 Å². The molecule has 8 N–H and O–H groups in total. The van der Waals surface area contributed by atoms with Gasteiger partial charge in [-0.3, -0.25) is 0 Å². The summed E-state index contributed by atoms with van der Waals surface area (Å²) in [5, 5.41) is 26.4. The van der Waals surface area contributed by atoms with E-state index < -0.39 is 0 Å². The Kier molecular flexibility index (Phi) is 5.38. The number of nitrogen functional groups attached to an aromatic ring is 2. The normalized spacial score (nSPS) is 11.1. The van der Waals surface area contributed by atoms with E-state index >= 15 is 0 Å². The van der Waals surface area contributed by atoms with Crippen molar-refractivity contribution in [1.29, 1.82) is 0 Å². The summed E-state index contributed by atoms with van der Waals surface area (Å²) in [5.41, 5.74) is 14.3.